The lowest BCUT2D eigenvalue weighted by atomic mass is 9.97. The number of benzene rings is 3. The topological polar surface area (TPSA) is 29.5 Å². The highest BCUT2D eigenvalue weighted by molar-refractivity contribution is 5.83. The van der Waals surface area contributed by atoms with Crippen LogP contribution < -0.4 is 4.74 Å². The lowest BCUT2D eigenvalue weighted by molar-refractivity contribution is 0.215. The number of aryl methyl sites for hydroxylation is 1. The summed E-state index contributed by atoms with van der Waals surface area (Å²) >= 11 is 0. The minimum Gasteiger partial charge on any atom is -0.496 e. The van der Waals surface area contributed by atoms with Crippen molar-refractivity contribution in [2.24, 2.45) is 0 Å². The fraction of sp³-hybridized carbons (Fsp3) is 0.158. The van der Waals surface area contributed by atoms with E-state index in [0.29, 0.717) is 0 Å². The third-order valence-electron chi connectivity index (χ3n) is 3.77. The van der Waals surface area contributed by atoms with Crippen molar-refractivity contribution in [2.45, 2.75) is 13.0 Å². The van der Waals surface area contributed by atoms with Crippen molar-refractivity contribution < 1.29 is 9.84 Å². The van der Waals surface area contributed by atoms with Crippen molar-refractivity contribution in [1.29, 1.82) is 0 Å². The first kappa shape index (κ1) is 13.7. The fourth-order valence-electron chi connectivity index (χ4n) is 2.60. The van der Waals surface area contributed by atoms with Crippen molar-refractivity contribution in [1.82, 2.24) is 0 Å². The highest BCUT2D eigenvalue weighted by atomic mass is 16.5. The second-order valence-corrected chi connectivity index (χ2v) is 5.25. The maximum atomic E-state index is 10.7. The number of rotatable bonds is 3. The molecule has 1 unspecified atom stereocenters. The average molecular weight is 278 g/mol. The zero-order chi connectivity index (χ0) is 14.8. The Morgan fingerprint density at radius 1 is 0.905 bits per heavy atom. The first-order valence-corrected chi connectivity index (χ1v) is 7.00. The van der Waals surface area contributed by atoms with E-state index in [9.17, 15) is 5.11 Å². The van der Waals surface area contributed by atoms with Gasteiger partial charge in [0.05, 0.1) is 7.11 Å². The highest BCUT2D eigenvalue weighted by Gasteiger charge is 2.15. The molecular weight excluding hydrogens is 260 g/mol. The van der Waals surface area contributed by atoms with Crippen LogP contribution in [0.15, 0.2) is 60.7 Å². The zero-order valence-electron chi connectivity index (χ0n) is 12.2. The molecule has 21 heavy (non-hydrogen) atoms. The van der Waals surface area contributed by atoms with E-state index >= 15 is 0 Å². The number of aliphatic hydroxyl groups excluding tert-OH is 1. The monoisotopic (exact) mass is 278 g/mol. The molecule has 0 aliphatic rings. The molecule has 0 heterocycles. The van der Waals surface area contributed by atoms with Crippen LogP contribution in [0.4, 0.5) is 0 Å². The van der Waals surface area contributed by atoms with Gasteiger partial charge in [0.25, 0.3) is 0 Å². The maximum absolute atomic E-state index is 10.7. The van der Waals surface area contributed by atoms with Gasteiger partial charge in [-0.15, -0.1) is 0 Å². The first-order valence-electron chi connectivity index (χ1n) is 7.00. The Labute approximate surface area is 124 Å². The Morgan fingerprint density at radius 3 is 2.43 bits per heavy atom. The van der Waals surface area contributed by atoms with Crippen molar-refractivity contribution in [3.05, 3.63) is 77.4 Å². The minimum absolute atomic E-state index is 0.690. The summed E-state index contributed by atoms with van der Waals surface area (Å²) in [6, 6.07) is 20.0. The standard InChI is InChI=1S/C19H18O2/c1-13-7-10-17(18(11-13)21-2)19(20)16-9-8-14-5-3-4-6-15(14)12-16/h3-12,19-20H,1-2H3. The molecule has 0 aromatic heterocycles. The molecule has 0 aliphatic carbocycles. The number of fused-ring (bicyclic) bond motifs is 1. The van der Waals surface area contributed by atoms with E-state index in [-0.39, 0.29) is 0 Å². The first-order chi connectivity index (χ1) is 10.2. The van der Waals surface area contributed by atoms with Crippen LogP contribution in [0, 0.1) is 6.92 Å². The van der Waals surface area contributed by atoms with Gasteiger partial charge < -0.3 is 9.84 Å². The molecule has 0 spiro atoms. The van der Waals surface area contributed by atoms with Crippen molar-refractivity contribution >= 4 is 10.8 Å². The van der Waals surface area contributed by atoms with Crippen LogP contribution >= 0.6 is 0 Å². The van der Waals surface area contributed by atoms with Crippen molar-refractivity contribution in [2.75, 3.05) is 7.11 Å². The van der Waals surface area contributed by atoms with E-state index in [1.165, 1.54) is 5.39 Å². The quantitative estimate of drug-likeness (QED) is 0.776. The molecule has 3 aromatic rings. The molecule has 106 valence electrons. The largest absolute Gasteiger partial charge is 0.496 e. The predicted molar refractivity (Wildman–Crippen MR) is 85.7 cm³/mol. The van der Waals surface area contributed by atoms with Gasteiger partial charge >= 0.3 is 0 Å². The summed E-state index contributed by atoms with van der Waals surface area (Å²) in [5.74, 6) is 0.718. The fourth-order valence-corrected chi connectivity index (χ4v) is 2.60. The van der Waals surface area contributed by atoms with E-state index in [4.69, 9.17) is 4.74 Å². The number of aliphatic hydroxyl groups is 1. The number of hydrogen-bond donors (Lipinski definition) is 1. The van der Waals surface area contributed by atoms with E-state index in [0.717, 1.165) is 27.8 Å². The summed E-state index contributed by atoms with van der Waals surface area (Å²) in [7, 11) is 1.63. The van der Waals surface area contributed by atoms with E-state index < -0.39 is 6.10 Å². The Morgan fingerprint density at radius 2 is 1.67 bits per heavy atom. The summed E-state index contributed by atoms with van der Waals surface area (Å²) in [5, 5.41) is 13.0. The van der Waals surface area contributed by atoms with Gasteiger partial charge in [-0.1, -0.05) is 48.5 Å². The molecule has 1 atom stereocenters. The van der Waals surface area contributed by atoms with E-state index in [1.54, 1.807) is 7.11 Å². The molecule has 2 nitrogen and oxygen atoms in total. The lowest BCUT2D eigenvalue weighted by Crippen LogP contribution is -2.02. The van der Waals surface area contributed by atoms with Crippen LogP contribution in [0.3, 0.4) is 0 Å². The second-order valence-electron chi connectivity index (χ2n) is 5.25. The summed E-state index contributed by atoms with van der Waals surface area (Å²) in [6.45, 7) is 2.01. The number of hydrogen-bond acceptors (Lipinski definition) is 2. The minimum atomic E-state index is -0.690. The van der Waals surface area contributed by atoms with Gasteiger partial charge in [0.1, 0.15) is 11.9 Å². The van der Waals surface area contributed by atoms with Crippen LogP contribution in [0.2, 0.25) is 0 Å². The predicted octanol–water partition coefficient (Wildman–Crippen LogP) is 4.24. The molecule has 0 saturated carbocycles. The Kier molecular flexibility index (Phi) is 3.63. The molecule has 0 fully saturated rings. The van der Waals surface area contributed by atoms with Crippen molar-refractivity contribution in [3.8, 4) is 5.75 Å². The smallest absolute Gasteiger partial charge is 0.125 e. The molecule has 1 N–H and O–H groups in total. The summed E-state index contributed by atoms with van der Waals surface area (Å²) in [4.78, 5) is 0. The molecule has 2 heteroatoms. The number of methoxy groups -OCH3 is 1. The van der Waals surface area contributed by atoms with Crippen molar-refractivity contribution in [3.63, 3.8) is 0 Å². The van der Waals surface area contributed by atoms with Crippen LogP contribution in [-0.4, -0.2) is 12.2 Å². The second kappa shape index (κ2) is 5.58. The Hall–Kier alpha value is -2.32. The number of ether oxygens (including phenoxy) is 1. The molecular formula is C19H18O2. The van der Waals surface area contributed by atoms with Gasteiger partial charge in [0.15, 0.2) is 0 Å². The van der Waals surface area contributed by atoms with E-state index in [1.807, 2.05) is 55.5 Å². The van der Waals surface area contributed by atoms with Gasteiger partial charge in [-0.2, -0.15) is 0 Å². The van der Waals surface area contributed by atoms with Crippen LogP contribution in [0.5, 0.6) is 5.75 Å². The normalized spacial score (nSPS) is 12.3. The Bertz CT molecular complexity index is 777. The van der Waals surface area contributed by atoms with Gasteiger partial charge in [0.2, 0.25) is 0 Å². The zero-order valence-corrected chi connectivity index (χ0v) is 12.2. The summed E-state index contributed by atoms with van der Waals surface area (Å²) in [5.41, 5.74) is 2.77. The van der Waals surface area contributed by atoms with Crippen LogP contribution in [0.25, 0.3) is 10.8 Å². The molecule has 3 rings (SSSR count). The van der Waals surface area contributed by atoms with Crippen LogP contribution in [-0.2, 0) is 0 Å². The van der Waals surface area contributed by atoms with Gasteiger partial charge in [-0.25, -0.2) is 0 Å². The molecule has 0 bridgehead atoms. The van der Waals surface area contributed by atoms with Gasteiger partial charge in [-0.3, -0.25) is 0 Å². The highest BCUT2D eigenvalue weighted by Crippen LogP contribution is 2.32. The SMILES string of the molecule is COc1cc(C)ccc1C(O)c1ccc2ccccc2c1. The third-order valence-corrected chi connectivity index (χ3v) is 3.77. The van der Waals surface area contributed by atoms with Gasteiger partial charge in [-0.05, 0) is 41.0 Å². The van der Waals surface area contributed by atoms with E-state index in [2.05, 4.69) is 12.1 Å². The summed E-state index contributed by atoms with van der Waals surface area (Å²) in [6.07, 6.45) is -0.690. The maximum Gasteiger partial charge on any atom is 0.125 e. The third kappa shape index (κ3) is 2.63. The molecule has 0 aliphatic heterocycles. The van der Waals surface area contributed by atoms with Gasteiger partial charge in [0, 0.05) is 5.56 Å². The lowest BCUT2D eigenvalue weighted by Gasteiger charge is -2.16. The molecule has 0 amide bonds. The molecule has 3 aromatic carbocycles. The summed E-state index contributed by atoms with van der Waals surface area (Å²) < 4.78 is 5.40. The molecule has 0 saturated heterocycles. The molecule has 0 radical (unpaired) electrons. The average Bonchev–Trinajstić information content (AvgIpc) is 2.53. The van der Waals surface area contributed by atoms with Crippen LogP contribution in [0.1, 0.15) is 22.8 Å². The Balaban J connectivity index is 2.05.